The van der Waals surface area contributed by atoms with Crippen LogP contribution in [0, 0.1) is 6.92 Å². The van der Waals surface area contributed by atoms with Crippen LogP contribution in [-0.2, 0) is 6.54 Å². The third-order valence-electron chi connectivity index (χ3n) is 4.29. The zero-order valence-electron chi connectivity index (χ0n) is 12.0. The van der Waals surface area contributed by atoms with E-state index >= 15 is 0 Å². The van der Waals surface area contributed by atoms with E-state index in [2.05, 4.69) is 32.1 Å². The molecule has 1 unspecified atom stereocenters. The molecule has 4 heterocycles. The first-order chi connectivity index (χ1) is 10.3. The maximum Gasteiger partial charge on any atom is 0.159 e. The molecule has 4 rings (SSSR count). The number of fused-ring (bicyclic) bond motifs is 1. The molecular weight excluding hydrogens is 264 g/mol. The predicted molar refractivity (Wildman–Crippen MR) is 78.7 cm³/mol. The summed E-state index contributed by atoms with van der Waals surface area (Å²) in [5, 5.41) is 11.7. The molecule has 0 aromatic carbocycles. The highest BCUT2D eigenvalue weighted by Gasteiger charge is 2.29. The van der Waals surface area contributed by atoms with Gasteiger partial charge in [0.15, 0.2) is 5.65 Å². The van der Waals surface area contributed by atoms with Crippen LogP contribution in [0.15, 0.2) is 30.9 Å². The summed E-state index contributed by atoms with van der Waals surface area (Å²) in [5.74, 6) is 0. The highest BCUT2D eigenvalue weighted by molar-refractivity contribution is 5.45. The van der Waals surface area contributed by atoms with Crippen molar-refractivity contribution in [1.82, 2.24) is 29.7 Å². The van der Waals surface area contributed by atoms with E-state index < -0.39 is 0 Å². The lowest BCUT2D eigenvalue weighted by molar-refractivity contribution is 0.244. The Kier molecular flexibility index (Phi) is 2.96. The number of aromatic amines is 1. The van der Waals surface area contributed by atoms with Crippen LogP contribution in [0.3, 0.4) is 0 Å². The number of rotatable bonds is 3. The van der Waals surface area contributed by atoms with Crippen LogP contribution in [-0.4, -0.2) is 36.2 Å². The second-order valence-electron chi connectivity index (χ2n) is 5.65. The zero-order valence-corrected chi connectivity index (χ0v) is 12.0. The van der Waals surface area contributed by atoms with Crippen LogP contribution in [0.5, 0.6) is 0 Å². The van der Waals surface area contributed by atoms with E-state index in [1.165, 1.54) is 29.7 Å². The average Bonchev–Trinajstić information content (AvgIpc) is 3.20. The zero-order chi connectivity index (χ0) is 14.2. The molecule has 108 valence electrons. The van der Waals surface area contributed by atoms with Gasteiger partial charge in [-0.2, -0.15) is 10.2 Å². The molecule has 1 atom stereocenters. The third kappa shape index (κ3) is 2.12. The van der Waals surface area contributed by atoms with Crippen molar-refractivity contribution < 1.29 is 0 Å². The van der Waals surface area contributed by atoms with Gasteiger partial charge in [0.1, 0.15) is 0 Å². The molecule has 1 saturated heterocycles. The fraction of sp³-hybridized carbons (Fsp3) is 0.400. The monoisotopic (exact) mass is 282 g/mol. The summed E-state index contributed by atoms with van der Waals surface area (Å²) in [7, 11) is 0. The SMILES string of the molecule is Cc1cn[nH]c1C1CCCN1Cc1cnn2cccnc12. The van der Waals surface area contributed by atoms with Gasteiger partial charge in [0, 0.05) is 24.5 Å². The Morgan fingerprint density at radius 3 is 3.19 bits per heavy atom. The lowest BCUT2D eigenvalue weighted by atomic mass is 10.1. The molecule has 1 aliphatic heterocycles. The van der Waals surface area contributed by atoms with Crippen LogP contribution in [0.1, 0.15) is 35.7 Å². The molecule has 0 bridgehead atoms. The van der Waals surface area contributed by atoms with E-state index in [0.717, 1.165) is 18.7 Å². The molecule has 1 fully saturated rings. The van der Waals surface area contributed by atoms with Gasteiger partial charge in [-0.1, -0.05) is 0 Å². The summed E-state index contributed by atoms with van der Waals surface area (Å²) < 4.78 is 1.84. The van der Waals surface area contributed by atoms with Crippen molar-refractivity contribution in [2.75, 3.05) is 6.54 Å². The molecule has 3 aromatic heterocycles. The quantitative estimate of drug-likeness (QED) is 0.799. The number of nitrogens with zero attached hydrogens (tertiary/aromatic N) is 5. The normalized spacial score (nSPS) is 19.6. The fourth-order valence-electron chi connectivity index (χ4n) is 3.24. The van der Waals surface area contributed by atoms with Crippen molar-refractivity contribution in [2.24, 2.45) is 0 Å². The largest absolute Gasteiger partial charge is 0.290 e. The van der Waals surface area contributed by atoms with Gasteiger partial charge in [0.25, 0.3) is 0 Å². The van der Waals surface area contributed by atoms with Gasteiger partial charge in [0.05, 0.1) is 24.1 Å². The van der Waals surface area contributed by atoms with E-state index in [1.54, 1.807) is 0 Å². The van der Waals surface area contributed by atoms with Crippen LogP contribution in [0.2, 0.25) is 0 Å². The molecule has 0 amide bonds. The fourth-order valence-corrected chi connectivity index (χ4v) is 3.24. The maximum absolute atomic E-state index is 4.44. The Balaban J connectivity index is 1.63. The van der Waals surface area contributed by atoms with Gasteiger partial charge in [-0.15, -0.1) is 0 Å². The predicted octanol–water partition coefficient (Wildman–Crippen LogP) is 2.10. The van der Waals surface area contributed by atoms with Gasteiger partial charge < -0.3 is 0 Å². The van der Waals surface area contributed by atoms with Gasteiger partial charge in [0.2, 0.25) is 0 Å². The summed E-state index contributed by atoms with van der Waals surface area (Å²) in [6, 6.07) is 2.32. The van der Waals surface area contributed by atoms with Crippen molar-refractivity contribution in [1.29, 1.82) is 0 Å². The molecule has 1 aliphatic rings. The maximum atomic E-state index is 4.44. The van der Waals surface area contributed by atoms with Gasteiger partial charge in [-0.3, -0.25) is 10.00 Å². The number of hydrogen-bond acceptors (Lipinski definition) is 4. The number of likely N-dealkylation sites (tertiary alicyclic amines) is 1. The summed E-state index contributed by atoms with van der Waals surface area (Å²) in [6.07, 6.45) is 9.99. The minimum atomic E-state index is 0.422. The Morgan fingerprint density at radius 1 is 1.38 bits per heavy atom. The summed E-state index contributed by atoms with van der Waals surface area (Å²) in [6.45, 7) is 4.10. The lowest BCUT2D eigenvalue weighted by Crippen LogP contribution is -2.23. The Hall–Kier alpha value is -2.21. The number of H-pyrrole nitrogens is 1. The number of aryl methyl sites for hydroxylation is 1. The van der Waals surface area contributed by atoms with Crippen LogP contribution in [0.25, 0.3) is 5.65 Å². The van der Waals surface area contributed by atoms with Crippen molar-refractivity contribution in [3.8, 4) is 0 Å². The number of hydrogen-bond donors (Lipinski definition) is 1. The van der Waals surface area contributed by atoms with Gasteiger partial charge >= 0.3 is 0 Å². The van der Waals surface area contributed by atoms with Crippen LogP contribution in [0.4, 0.5) is 0 Å². The number of nitrogens with one attached hydrogen (secondary N) is 1. The van der Waals surface area contributed by atoms with Crippen molar-refractivity contribution >= 4 is 5.65 Å². The molecule has 6 heteroatoms. The standard InChI is InChI=1S/C15H18N6/c1-11-8-17-19-14(11)13-4-2-6-20(13)10-12-9-18-21-7-3-5-16-15(12)21/h3,5,7-9,13H,2,4,6,10H2,1H3,(H,17,19). The van der Waals surface area contributed by atoms with Crippen LogP contribution >= 0.6 is 0 Å². The van der Waals surface area contributed by atoms with E-state index in [-0.39, 0.29) is 0 Å². The number of aromatic nitrogens is 5. The van der Waals surface area contributed by atoms with Crippen LogP contribution < -0.4 is 0 Å². The molecule has 0 radical (unpaired) electrons. The Bertz CT molecular complexity index is 758. The highest BCUT2D eigenvalue weighted by Crippen LogP contribution is 2.33. The van der Waals surface area contributed by atoms with Crippen molar-refractivity contribution in [2.45, 2.75) is 32.4 Å². The topological polar surface area (TPSA) is 62.1 Å². The summed E-state index contributed by atoms with van der Waals surface area (Å²) in [4.78, 5) is 6.93. The van der Waals surface area contributed by atoms with E-state index in [0.29, 0.717) is 6.04 Å². The Morgan fingerprint density at radius 2 is 2.33 bits per heavy atom. The Labute approximate surface area is 122 Å². The molecule has 3 aromatic rings. The van der Waals surface area contributed by atoms with Gasteiger partial charge in [-0.05, 0) is 37.9 Å². The third-order valence-corrected chi connectivity index (χ3v) is 4.29. The lowest BCUT2D eigenvalue weighted by Gasteiger charge is -2.23. The summed E-state index contributed by atoms with van der Waals surface area (Å²) in [5.41, 5.74) is 4.62. The second-order valence-corrected chi connectivity index (χ2v) is 5.65. The van der Waals surface area contributed by atoms with Gasteiger partial charge in [-0.25, -0.2) is 9.50 Å². The first kappa shape index (κ1) is 12.5. The highest BCUT2D eigenvalue weighted by atomic mass is 15.3. The molecule has 1 N–H and O–H groups in total. The van der Waals surface area contributed by atoms with E-state index in [4.69, 9.17) is 0 Å². The smallest absolute Gasteiger partial charge is 0.159 e. The molecule has 0 spiro atoms. The average molecular weight is 282 g/mol. The molecule has 0 saturated carbocycles. The first-order valence-electron chi connectivity index (χ1n) is 7.34. The van der Waals surface area contributed by atoms with Crippen molar-refractivity contribution in [3.63, 3.8) is 0 Å². The second kappa shape index (κ2) is 4.96. The minimum absolute atomic E-state index is 0.422. The van der Waals surface area contributed by atoms with Crippen molar-refractivity contribution in [3.05, 3.63) is 47.7 Å². The minimum Gasteiger partial charge on any atom is -0.290 e. The summed E-state index contributed by atoms with van der Waals surface area (Å²) >= 11 is 0. The molecular formula is C15H18N6. The first-order valence-corrected chi connectivity index (χ1v) is 7.34. The molecule has 0 aliphatic carbocycles. The molecule has 21 heavy (non-hydrogen) atoms. The van der Waals surface area contributed by atoms with E-state index in [1.807, 2.05) is 35.4 Å². The molecule has 6 nitrogen and oxygen atoms in total. The van der Waals surface area contributed by atoms with E-state index in [9.17, 15) is 0 Å².